The van der Waals surface area contributed by atoms with Gasteiger partial charge in [0.05, 0.1) is 0 Å². The average molecular weight is 190 g/mol. The summed E-state index contributed by atoms with van der Waals surface area (Å²) in [5, 5.41) is 0. The lowest BCUT2D eigenvalue weighted by atomic mass is 10.6. The van der Waals surface area contributed by atoms with Crippen molar-refractivity contribution in [1.29, 1.82) is 0 Å². The van der Waals surface area contributed by atoms with Crippen LogP contribution in [0, 0.1) is 0 Å². The topological polar surface area (TPSA) is 15.3 Å². The lowest BCUT2D eigenvalue weighted by Crippen LogP contribution is -2.04. The number of hydrogen-bond acceptors (Lipinski definition) is 4. The van der Waals surface area contributed by atoms with Crippen LogP contribution in [0.1, 0.15) is 6.92 Å². The van der Waals surface area contributed by atoms with Gasteiger partial charge in [-0.2, -0.15) is 0 Å². The van der Waals surface area contributed by atoms with E-state index in [1.165, 1.54) is 0 Å². The lowest BCUT2D eigenvalue weighted by molar-refractivity contribution is 0.774. The summed E-state index contributed by atoms with van der Waals surface area (Å²) in [6.07, 6.45) is 7.83. The largest absolute Gasteiger partial charge is 0.335 e. The molecule has 0 bridgehead atoms. The fourth-order valence-electron chi connectivity index (χ4n) is 0.510. The Hall–Kier alpha value is -0.220. The van der Waals surface area contributed by atoms with Gasteiger partial charge in [0.25, 0.3) is 0 Å². The zero-order valence-corrected chi connectivity index (χ0v) is 8.76. The Bertz CT molecular complexity index is 145. The molecular formula is C7H14N2S2. The molecule has 11 heavy (non-hydrogen) atoms. The van der Waals surface area contributed by atoms with Crippen molar-refractivity contribution >= 4 is 23.9 Å². The van der Waals surface area contributed by atoms with E-state index in [2.05, 4.69) is 11.3 Å². The second kappa shape index (κ2) is 6.49. The van der Waals surface area contributed by atoms with Gasteiger partial charge in [-0.15, -0.1) is 0 Å². The molecule has 2 nitrogen and oxygen atoms in total. The van der Waals surface area contributed by atoms with E-state index in [4.69, 9.17) is 0 Å². The van der Waals surface area contributed by atoms with E-state index in [0.29, 0.717) is 0 Å². The van der Waals surface area contributed by atoms with Gasteiger partial charge in [0.2, 0.25) is 0 Å². The van der Waals surface area contributed by atoms with Crippen molar-refractivity contribution in [2.45, 2.75) is 6.92 Å². The van der Waals surface area contributed by atoms with E-state index < -0.39 is 0 Å². The van der Waals surface area contributed by atoms with Crippen LogP contribution in [0.2, 0.25) is 0 Å². The minimum atomic E-state index is 1.02. The molecule has 0 unspecified atom stereocenters. The number of allylic oxidation sites excluding steroid dienone is 1. The molecule has 0 spiro atoms. The second-order valence-corrected chi connectivity index (χ2v) is 3.28. The van der Waals surface area contributed by atoms with Gasteiger partial charge in [-0.1, -0.05) is 18.5 Å². The first kappa shape index (κ1) is 10.8. The second-order valence-electron chi connectivity index (χ2n) is 1.88. The van der Waals surface area contributed by atoms with E-state index in [1.54, 1.807) is 23.9 Å². The standard InChI is InChI=1S/C7H14N2S2/c1-7(2)9(11-4)6-5-8-10-3/h5-6,8H,1H2,2-4H3/b6-5-. The first-order chi connectivity index (χ1) is 5.22. The minimum Gasteiger partial charge on any atom is -0.335 e. The Kier molecular flexibility index (Phi) is 6.36. The zero-order chi connectivity index (χ0) is 8.69. The molecular weight excluding hydrogens is 176 g/mol. The smallest absolute Gasteiger partial charge is 0.0324 e. The van der Waals surface area contributed by atoms with Crippen molar-refractivity contribution in [3.63, 3.8) is 0 Å². The summed E-state index contributed by atoms with van der Waals surface area (Å²) in [6.45, 7) is 5.80. The van der Waals surface area contributed by atoms with Gasteiger partial charge >= 0.3 is 0 Å². The van der Waals surface area contributed by atoms with Gasteiger partial charge in [-0.3, -0.25) is 4.31 Å². The Morgan fingerprint density at radius 2 is 2.18 bits per heavy atom. The third-order valence-corrected chi connectivity index (χ3v) is 2.17. The molecule has 0 radical (unpaired) electrons. The zero-order valence-electron chi connectivity index (χ0n) is 7.13. The molecule has 0 aliphatic carbocycles. The van der Waals surface area contributed by atoms with Gasteiger partial charge < -0.3 is 4.72 Å². The van der Waals surface area contributed by atoms with Crippen molar-refractivity contribution in [3.05, 3.63) is 24.7 Å². The molecule has 0 aromatic carbocycles. The number of nitrogens with one attached hydrogen (secondary N) is 1. The van der Waals surface area contributed by atoms with E-state index >= 15 is 0 Å². The van der Waals surface area contributed by atoms with Gasteiger partial charge in [-0.05, 0) is 18.9 Å². The van der Waals surface area contributed by atoms with Crippen LogP contribution in [-0.2, 0) is 0 Å². The van der Waals surface area contributed by atoms with Gasteiger partial charge in [0, 0.05) is 30.6 Å². The normalized spacial score (nSPS) is 10.1. The summed E-state index contributed by atoms with van der Waals surface area (Å²) >= 11 is 3.19. The van der Waals surface area contributed by atoms with E-state index in [1.807, 2.05) is 36.1 Å². The molecule has 0 saturated heterocycles. The molecule has 4 heteroatoms. The summed E-state index contributed by atoms with van der Waals surface area (Å²) in [6, 6.07) is 0. The van der Waals surface area contributed by atoms with Crippen molar-refractivity contribution < 1.29 is 0 Å². The number of rotatable bonds is 5. The Morgan fingerprint density at radius 1 is 1.55 bits per heavy atom. The molecule has 0 aromatic rings. The van der Waals surface area contributed by atoms with Crippen molar-refractivity contribution in [3.8, 4) is 0 Å². The molecule has 0 heterocycles. The van der Waals surface area contributed by atoms with Crippen LogP contribution in [0.15, 0.2) is 24.7 Å². The van der Waals surface area contributed by atoms with Crippen LogP contribution in [0.4, 0.5) is 0 Å². The number of nitrogens with zero attached hydrogens (tertiary/aromatic N) is 1. The summed E-state index contributed by atoms with van der Waals surface area (Å²) in [5.74, 6) is 0. The Balaban J connectivity index is 3.77. The average Bonchev–Trinajstić information content (AvgIpc) is 1.97. The highest BCUT2D eigenvalue weighted by Crippen LogP contribution is 2.12. The molecule has 0 rings (SSSR count). The molecule has 0 atom stereocenters. The fraction of sp³-hybridized carbons (Fsp3) is 0.429. The van der Waals surface area contributed by atoms with Crippen LogP contribution in [0.3, 0.4) is 0 Å². The maximum atomic E-state index is 3.82. The molecule has 0 aliphatic heterocycles. The molecule has 0 aliphatic rings. The highest BCUT2D eigenvalue weighted by Gasteiger charge is 1.93. The highest BCUT2D eigenvalue weighted by molar-refractivity contribution is 7.97. The molecule has 0 saturated carbocycles. The Labute approximate surface area is 77.4 Å². The lowest BCUT2D eigenvalue weighted by Gasteiger charge is -2.15. The molecule has 0 fully saturated rings. The first-order valence-electron chi connectivity index (χ1n) is 3.16. The fourth-order valence-corrected chi connectivity index (χ4v) is 1.20. The third-order valence-electron chi connectivity index (χ3n) is 0.969. The SMILES string of the molecule is C=C(C)N(/C=C\NSC)SC. The third kappa shape index (κ3) is 5.09. The van der Waals surface area contributed by atoms with E-state index in [0.717, 1.165) is 5.70 Å². The maximum absolute atomic E-state index is 3.82. The molecule has 0 amide bonds. The monoisotopic (exact) mass is 190 g/mol. The van der Waals surface area contributed by atoms with Crippen LogP contribution in [0.25, 0.3) is 0 Å². The summed E-state index contributed by atoms with van der Waals surface area (Å²) in [5.41, 5.74) is 1.02. The summed E-state index contributed by atoms with van der Waals surface area (Å²) < 4.78 is 5.00. The van der Waals surface area contributed by atoms with Gasteiger partial charge in [0.15, 0.2) is 0 Å². The highest BCUT2D eigenvalue weighted by atomic mass is 32.2. The van der Waals surface area contributed by atoms with Crippen molar-refractivity contribution in [2.75, 3.05) is 12.5 Å². The number of hydrogen-bond donors (Lipinski definition) is 1. The molecule has 1 N–H and O–H groups in total. The first-order valence-corrected chi connectivity index (χ1v) is 5.57. The van der Waals surface area contributed by atoms with Crippen LogP contribution >= 0.6 is 23.9 Å². The van der Waals surface area contributed by atoms with Crippen LogP contribution in [0.5, 0.6) is 0 Å². The summed E-state index contributed by atoms with van der Waals surface area (Å²) in [4.78, 5) is 0. The maximum Gasteiger partial charge on any atom is 0.0324 e. The molecule has 0 aromatic heterocycles. The molecule has 64 valence electrons. The van der Waals surface area contributed by atoms with Crippen LogP contribution < -0.4 is 4.72 Å². The van der Waals surface area contributed by atoms with Crippen molar-refractivity contribution in [1.82, 2.24) is 9.03 Å². The van der Waals surface area contributed by atoms with Gasteiger partial charge in [0.1, 0.15) is 0 Å². The van der Waals surface area contributed by atoms with E-state index in [9.17, 15) is 0 Å². The van der Waals surface area contributed by atoms with Crippen molar-refractivity contribution in [2.24, 2.45) is 0 Å². The summed E-state index contributed by atoms with van der Waals surface area (Å²) in [7, 11) is 0. The van der Waals surface area contributed by atoms with Gasteiger partial charge in [-0.25, -0.2) is 0 Å². The van der Waals surface area contributed by atoms with E-state index in [-0.39, 0.29) is 0 Å². The minimum absolute atomic E-state index is 1.02. The van der Waals surface area contributed by atoms with Crippen LogP contribution in [-0.4, -0.2) is 16.8 Å². The predicted molar refractivity (Wildman–Crippen MR) is 56.0 cm³/mol. The quantitative estimate of drug-likeness (QED) is 0.669. The predicted octanol–water partition coefficient (Wildman–Crippen LogP) is 2.44. The Morgan fingerprint density at radius 3 is 2.55 bits per heavy atom.